The van der Waals surface area contributed by atoms with E-state index in [2.05, 4.69) is 52.6 Å². The van der Waals surface area contributed by atoms with Crippen LogP contribution in [0.5, 0.6) is 0 Å². The highest BCUT2D eigenvalue weighted by Gasteiger charge is 2.24. The third kappa shape index (κ3) is 5.19. The summed E-state index contributed by atoms with van der Waals surface area (Å²) in [5.74, 6) is 0.0513. The van der Waals surface area contributed by atoms with Crippen LogP contribution in [0, 0.1) is 5.41 Å². The van der Waals surface area contributed by atoms with Crippen molar-refractivity contribution >= 4 is 37.8 Å². The molecule has 1 amide bonds. The molecule has 0 fully saturated rings. The third-order valence-electron chi connectivity index (χ3n) is 3.06. The van der Waals surface area contributed by atoms with Crippen molar-refractivity contribution in [2.24, 2.45) is 11.1 Å². The topological polar surface area (TPSA) is 46.3 Å². The number of rotatable bonds is 6. The van der Waals surface area contributed by atoms with Crippen LogP contribution < -0.4 is 5.73 Å². The van der Waals surface area contributed by atoms with Crippen LogP contribution >= 0.6 is 31.9 Å². The van der Waals surface area contributed by atoms with E-state index in [4.69, 9.17) is 5.73 Å². The molecule has 0 bridgehead atoms. The van der Waals surface area contributed by atoms with Gasteiger partial charge >= 0.3 is 0 Å². The van der Waals surface area contributed by atoms with Gasteiger partial charge in [-0.1, -0.05) is 52.6 Å². The average Bonchev–Trinajstić information content (AvgIpc) is 2.36. The number of nitrogens with two attached hydrogens (primary N) is 1. The van der Waals surface area contributed by atoms with Crippen molar-refractivity contribution in [3.8, 4) is 0 Å². The minimum atomic E-state index is -0.0753. The van der Waals surface area contributed by atoms with Gasteiger partial charge in [0.25, 0.3) is 5.91 Å². The van der Waals surface area contributed by atoms with Crippen LogP contribution in [0.25, 0.3) is 0 Å². The van der Waals surface area contributed by atoms with Gasteiger partial charge in [-0.15, -0.1) is 0 Å². The van der Waals surface area contributed by atoms with E-state index < -0.39 is 0 Å². The molecule has 0 saturated carbocycles. The smallest absolute Gasteiger partial charge is 0.253 e. The Morgan fingerprint density at radius 2 is 1.80 bits per heavy atom. The van der Waals surface area contributed by atoms with E-state index >= 15 is 0 Å². The molecule has 0 spiro atoms. The van der Waals surface area contributed by atoms with Crippen molar-refractivity contribution in [3.05, 3.63) is 32.7 Å². The summed E-state index contributed by atoms with van der Waals surface area (Å²) in [4.78, 5) is 14.6. The van der Waals surface area contributed by atoms with Crippen molar-refractivity contribution in [1.82, 2.24) is 4.90 Å². The van der Waals surface area contributed by atoms with Crippen LogP contribution in [0.15, 0.2) is 27.1 Å². The lowest BCUT2D eigenvalue weighted by molar-refractivity contribution is 0.0689. The SMILES string of the molecule is CCCN(CC(C)(C)CN)C(=O)c1cc(Br)cc(Br)c1. The van der Waals surface area contributed by atoms with Crippen LogP contribution in [0.1, 0.15) is 37.6 Å². The summed E-state index contributed by atoms with van der Waals surface area (Å²) >= 11 is 6.85. The van der Waals surface area contributed by atoms with Crippen LogP contribution in [0.3, 0.4) is 0 Å². The molecule has 2 N–H and O–H groups in total. The maximum Gasteiger partial charge on any atom is 0.253 e. The van der Waals surface area contributed by atoms with Crippen LogP contribution in [-0.2, 0) is 0 Å². The lowest BCUT2D eigenvalue weighted by Crippen LogP contribution is -2.42. The number of carbonyl (C=O) groups is 1. The van der Waals surface area contributed by atoms with Crippen LogP contribution in [0.4, 0.5) is 0 Å². The van der Waals surface area contributed by atoms with Gasteiger partial charge in [0, 0.05) is 27.6 Å². The first-order chi connectivity index (χ1) is 9.29. The molecule has 3 nitrogen and oxygen atoms in total. The van der Waals surface area contributed by atoms with Gasteiger partial charge in [-0.05, 0) is 36.6 Å². The summed E-state index contributed by atoms with van der Waals surface area (Å²) in [6, 6.07) is 5.63. The third-order valence-corrected chi connectivity index (χ3v) is 3.98. The Balaban J connectivity index is 2.99. The van der Waals surface area contributed by atoms with Gasteiger partial charge < -0.3 is 10.6 Å². The summed E-state index contributed by atoms with van der Waals surface area (Å²) in [5.41, 5.74) is 6.40. The monoisotopic (exact) mass is 404 g/mol. The molecule has 0 unspecified atom stereocenters. The maximum atomic E-state index is 12.7. The lowest BCUT2D eigenvalue weighted by Gasteiger charge is -2.32. The highest BCUT2D eigenvalue weighted by atomic mass is 79.9. The second-order valence-electron chi connectivity index (χ2n) is 5.75. The predicted octanol–water partition coefficient (Wildman–Crippen LogP) is 4.05. The lowest BCUT2D eigenvalue weighted by atomic mass is 9.92. The van der Waals surface area contributed by atoms with E-state index in [9.17, 15) is 4.79 Å². The molecule has 0 saturated heterocycles. The summed E-state index contributed by atoms with van der Waals surface area (Å²) in [6.45, 7) is 8.21. The molecule has 1 aromatic rings. The number of hydrogen-bond acceptors (Lipinski definition) is 2. The molecule has 1 rings (SSSR count). The van der Waals surface area contributed by atoms with Crippen LogP contribution in [-0.4, -0.2) is 30.4 Å². The summed E-state index contributed by atoms with van der Waals surface area (Å²) in [7, 11) is 0. The van der Waals surface area contributed by atoms with Crippen molar-refractivity contribution in [1.29, 1.82) is 0 Å². The molecule has 0 atom stereocenters. The Morgan fingerprint density at radius 3 is 2.25 bits per heavy atom. The molecular formula is C15H22Br2N2O. The zero-order valence-corrected chi connectivity index (χ0v) is 15.4. The normalized spacial score (nSPS) is 11.5. The fourth-order valence-electron chi connectivity index (χ4n) is 1.96. The fraction of sp³-hybridized carbons (Fsp3) is 0.533. The molecule has 0 aromatic heterocycles. The van der Waals surface area contributed by atoms with Crippen molar-refractivity contribution in [2.75, 3.05) is 19.6 Å². The molecule has 0 heterocycles. The van der Waals surface area contributed by atoms with Crippen LogP contribution in [0.2, 0.25) is 0 Å². The molecule has 0 aliphatic heterocycles. The first-order valence-corrected chi connectivity index (χ1v) is 8.33. The van der Waals surface area contributed by atoms with Gasteiger partial charge in [-0.25, -0.2) is 0 Å². The summed E-state index contributed by atoms with van der Waals surface area (Å²) in [6.07, 6.45) is 0.932. The quantitative estimate of drug-likeness (QED) is 0.775. The Labute approximate surface area is 138 Å². The van der Waals surface area contributed by atoms with Gasteiger partial charge in [0.05, 0.1) is 0 Å². The van der Waals surface area contributed by atoms with E-state index in [0.29, 0.717) is 18.7 Å². The molecule has 112 valence electrons. The van der Waals surface area contributed by atoms with Gasteiger partial charge in [-0.2, -0.15) is 0 Å². The van der Waals surface area contributed by atoms with Crippen molar-refractivity contribution in [2.45, 2.75) is 27.2 Å². The zero-order chi connectivity index (χ0) is 15.3. The van der Waals surface area contributed by atoms with Gasteiger partial charge in [0.2, 0.25) is 0 Å². The zero-order valence-electron chi connectivity index (χ0n) is 12.2. The second kappa shape index (κ2) is 7.57. The molecule has 20 heavy (non-hydrogen) atoms. The van der Waals surface area contributed by atoms with Gasteiger partial charge in [-0.3, -0.25) is 4.79 Å². The van der Waals surface area contributed by atoms with Gasteiger partial charge in [0.15, 0.2) is 0 Å². The number of benzene rings is 1. The Kier molecular flexibility index (Phi) is 6.69. The van der Waals surface area contributed by atoms with E-state index in [1.54, 1.807) is 0 Å². The van der Waals surface area contributed by atoms with E-state index in [0.717, 1.165) is 21.9 Å². The molecular weight excluding hydrogens is 384 g/mol. The molecule has 0 radical (unpaired) electrons. The Bertz CT molecular complexity index is 455. The first-order valence-electron chi connectivity index (χ1n) is 6.74. The number of amides is 1. The Hall–Kier alpha value is -0.390. The minimum Gasteiger partial charge on any atom is -0.338 e. The molecule has 0 aliphatic rings. The standard InChI is InChI=1S/C15H22Br2N2O/c1-4-5-19(10-15(2,3)9-18)14(20)11-6-12(16)8-13(17)7-11/h6-8H,4-5,9-10,18H2,1-3H3. The van der Waals surface area contributed by atoms with Gasteiger partial charge in [0.1, 0.15) is 0 Å². The largest absolute Gasteiger partial charge is 0.338 e. The number of halogens is 2. The average molecular weight is 406 g/mol. The highest BCUT2D eigenvalue weighted by molar-refractivity contribution is 9.11. The number of carbonyl (C=O) groups excluding carboxylic acids is 1. The summed E-state index contributed by atoms with van der Waals surface area (Å²) < 4.78 is 1.79. The molecule has 0 aliphatic carbocycles. The number of nitrogens with zero attached hydrogens (tertiary/aromatic N) is 1. The second-order valence-corrected chi connectivity index (χ2v) is 7.58. The predicted molar refractivity (Wildman–Crippen MR) is 90.9 cm³/mol. The molecule has 1 aromatic carbocycles. The van der Waals surface area contributed by atoms with Crippen molar-refractivity contribution < 1.29 is 4.79 Å². The van der Waals surface area contributed by atoms with E-state index in [1.165, 1.54) is 0 Å². The first kappa shape index (κ1) is 17.7. The summed E-state index contributed by atoms with van der Waals surface area (Å²) in [5, 5.41) is 0. The molecule has 5 heteroatoms. The minimum absolute atomic E-state index is 0.0513. The van der Waals surface area contributed by atoms with Crippen molar-refractivity contribution in [3.63, 3.8) is 0 Å². The highest BCUT2D eigenvalue weighted by Crippen LogP contribution is 2.23. The van der Waals surface area contributed by atoms with E-state index in [-0.39, 0.29) is 11.3 Å². The Morgan fingerprint density at radius 1 is 1.25 bits per heavy atom. The maximum absolute atomic E-state index is 12.7. The number of hydrogen-bond donors (Lipinski definition) is 1. The van der Waals surface area contributed by atoms with E-state index in [1.807, 2.05) is 23.1 Å². The fourth-order valence-corrected chi connectivity index (χ4v) is 3.26.